The summed E-state index contributed by atoms with van der Waals surface area (Å²) in [5.74, 6) is 1.63. The largest absolute Gasteiger partial charge is 0.340 e. The average Bonchev–Trinajstić information content (AvgIpc) is 3.66. The molecule has 4 aliphatic rings. The summed E-state index contributed by atoms with van der Waals surface area (Å²) >= 11 is 0. The molecular weight excluding hydrogens is 384 g/mol. The van der Waals surface area contributed by atoms with E-state index in [1.165, 1.54) is 56.9 Å². The van der Waals surface area contributed by atoms with Crippen molar-refractivity contribution < 1.29 is 4.79 Å². The van der Waals surface area contributed by atoms with E-state index in [2.05, 4.69) is 39.7 Å². The molecule has 2 N–H and O–H groups in total. The highest BCUT2D eigenvalue weighted by Crippen LogP contribution is 2.66. The Labute approximate surface area is 184 Å². The van der Waals surface area contributed by atoms with Crippen molar-refractivity contribution in [2.75, 3.05) is 10.6 Å². The monoisotopic (exact) mass is 416 g/mol. The Morgan fingerprint density at radius 1 is 0.968 bits per heavy atom. The summed E-state index contributed by atoms with van der Waals surface area (Å²) in [4.78, 5) is 21.0. The van der Waals surface area contributed by atoms with Crippen LogP contribution in [0, 0.1) is 19.8 Å². The quantitative estimate of drug-likeness (QED) is 0.659. The van der Waals surface area contributed by atoms with Crippen LogP contribution in [-0.2, 0) is 15.6 Å². The molecule has 0 saturated heterocycles. The van der Waals surface area contributed by atoms with Gasteiger partial charge in [0.15, 0.2) is 0 Å². The molecule has 1 heterocycles. The zero-order valence-corrected chi connectivity index (χ0v) is 18.7. The van der Waals surface area contributed by atoms with Gasteiger partial charge in [-0.05, 0) is 98.4 Å². The van der Waals surface area contributed by atoms with Crippen molar-refractivity contribution >= 4 is 23.2 Å². The lowest BCUT2D eigenvalue weighted by atomic mass is 9.69. The third-order valence-electron chi connectivity index (χ3n) is 8.31. The van der Waals surface area contributed by atoms with Crippen LogP contribution in [0.15, 0.2) is 18.5 Å². The number of fused-ring (bicyclic) bond motifs is 3. The van der Waals surface area contributed by atoms with Gasteiger partial charge in [-0.25, -0.2) is 9.97 Å². The molecule has 1 aromatic carbocycles. The van der Waals surface area contributed by atoms with Crippen molar-refractivity contribution in [1.29, 1.82) is 0 Å². The minimum absolute atomic E-state index is 0.0788. The maximum absolute atomic E-state index is 12.2. The molecule has 0 radical (unpaired) electrons. The third kappa shape index (κ3) is 3.16. The molecule has 3 fully saturated rings. The average molecular weight is 417 g/mol. The number of amides is 1. The molecule has 2 aromatic rings. The molecule has 5 heteroatoms. The van der Waals surface area contributed by atoms with Gasteiger partial charge in [0.2, 0.25) is 5.91 Å². The highest BCUT2D eigenvalue weighted by atomic mass is 16.2. The van der Waals surface area contributed by atoms with E-state index in [0.29, 0.717) is 16.6 Å². The maximum atomic E-state index is 12.2. The maximum Gasteiger partial charge on any atom is 0.228 e. The molecule has 0 aliphatic heterocycles. The topological polar surface area (TPSA) is 66.9 Å². The first kappa shape index (κ1) is 19.3. The Bertz CT molecular complexity index is 1060. The number of carbonyl (C=O) groups is 1. The number of rotatable bonds is 4. The number of anilines is 3. The minimum Gasteiger partial charge on any atom is -0.340 e. The van der Waals surface area contributed by atoms with Crippen molar-refractivity contribution in [1.82, 2.24) is 9.97 Å². The second-order valence-electron chi connectivity index (χ2n) is 10.6. The lowest BCUT2D eigenvalue weighted by Crippen LogP contribution is -2.27. The van der Waals surface area contributed by atoms with Crippen LogP contribution in [-0.4, -0.2) is 15.9 Å². The molecule has 3 saturated carbocycles. The van der Waals surface area contributed by atoms with E-state index in [9.17, 15) is 4.79 Å². The van der Waals surface area contributed by atoms with Crippen LogP contribution in [0.3, 0.4) is 0 Å². The summed E-state index contributed by atoms with van der Waals surface area (Å²) in [6, 6.07) is 4.72. The lowest BCUT2D eigenvalue weighted by molar-refractivity contribution is -0.117. The van der Waals surface area contributed by atoms with Crippen molar-refractivity contribution in [3.63, 3.8) is 0 Å². The van der Waals surface area contributed by atoms with Crippen LogP contribution in [0.2, 0.25) is 0 Å². The number of nitrogens with one attached hydrogen (secondary N) is 2. The zero-order valence-electron chi connectivity index (χ0n) is 18.7. The van der Waals surface area contributed by atoms with Gasteiger partial charge < -0.3 is 10.6 Å². The first-order chi connectivity index (χ1) is 15.0. The van der Waals surface area contributed by atoms with E-state index in [1.54, 1.807) is 17.5 Å². The molecule has 0 unspecified atom stereocenters. The molecule has 0 bridgehead atoms. The Morgan fingerprint density at radius 2 is 1.71 bits per heavy atom. The van der Waals surface area contributed by atoms with Gasteiger partial charge in [0.25, 0.3) is 0 Å². The summed E-state index contributed by atoms with van der Waals surface area (Å²) in [6.07, 6.45) is 14.4. The molecular formula is C26H32N4O. The first-order valence-corrected chi connectivity index (χ1v) is 12.0. The van der Waals surface area contributed by atoms with Gasteiger partial charge in [0.1, 0.15) is 18.0 Å². The Kier molecular flexibility index (Phi) is 4.22. The summed E-state index contributed by atoms with van der Waals surface area (Å²) in [5.41, 5.74) is 7.56. The molecule has 162 valence electrons. The number of nitrogens with zero attached hydrogens (tertiary/aromatic N) is 2. The highest BCUT2D eigenvalue weighted by Gasteiger charge is 2.58. The van der Waals surface area contributed by atoms with Gasteiger partial charge in [0.05, 0.1) is 0 Å². The van der Waals surface area contributed by atoms with Crippen LogP contribution in [0.25, 0.3) is 0 Å². The fourth-order valence-electron chi connectivity index (χ4n) is 6.47. The summed E-state index contributed by atoms with van der Waals surface area (Å²) in [5, 5.41) is 6.56. The lowest BCUT2D eigenvalue weighted by Gasteiger charge is -2.35. The second kappa shape index (κ2) is 6.78. The molecule has 31 heavy (non-hydrogen) atoms. The first-order valence-electron chi connectivity index (χ1n) is 12.0. The van der Waals surface area contributed by atoms with Crippen molar-refractivity contribution in [2.45, 2.75) is 88.9 Å². The van der Waals surface area contributed by atoms with Crippen LogP contribution < -0.4 is 10.6 Å². The third-order valence-corrected chi connectivity index (χ3v) is 8.31. The van der Waals surface area contributed by atoms with Gasteiger partial charge >= 0.3 is 0 Å². The Morgan fingerprint density at radius 3 is 2.42 bits per heavy atom. The van der Waals surface area contributed by atoms with Crippen LogP contribution in [0.5, 0.6) is 0 Å². The van der Waals surface area contributed by atoms with Crippen LogP contribution in [0.4, 0.5) is 17.3 Å². The molecule has 1 amide bonds. The molecule has 1 aromatic heterocycles. The van der Waals surface area contributed by atoms with Crippen LogP contribution >= 0.6 is 0 Å². The van der Waals surface area contributed by atoms with Gasteiger partial charge in [-0.15, -0.1) is 0 Å². The molecule has 4 aliphatic carbocycles. The van der Waals surface area contributed by atoms with Crippen molar-refractivity contribution in [3.8, 4) is 0 Å². The van der Waals surface area contributed by atoms with Crippen molar-refractivity contribution in [2.24, 2.45) is 5.92 Å². The van der Waals surface area contributed by atoms with Gasteiger partial charge in [-0.1, -0.05) is 19.3 Å². The standard InChI is InChI=1S/C26H32N4O/c1-16-12-19(29-22-17(2)23(28-15-27-22)30-24(31)18-6-7-18)13-20-21(16)26(10-11-26)14-25(20)8-4-3-5-9-25/h12-13,15,18H,3-11,14H2,1-2H3,(H2,27,28,29,30,31). The molecule has 6 rings (SSSR count). The van der Waals surface area contributed by atoms with Gasteiger partial charge in [0, 0.05) is 17.2 Å². The number of benzene rings is 1. The Balaban J connectivity index is 1.34. The fourth-order valence-corrected chi connectivity index (χ4v) is 6.47. The van der Waals surface area contributed by atoms with E-state index in [1.807, 2.05) is 6.92 Å². The van der Waals surface area contributed by atoms with Gasteiger partial charge in [-0.2, -0.15) is 0 Å². The van der Waals surface area contributed by atoms with E-state index in [0.717, 1.165) is 29.9 Å². The summed E-state index contributed by atoms with van der Waals surface area (Å²) < 4.78 is 0. The number of hydrogen-bond donors (Lipinski definition) is 2. The van der Waals surface area contributed by atoms with E-state index < -0.39 is 0 Å². The molecule has 2 spiro atoms. The predicted octanol–water partition coefficient (Wildman–Crippen LogP) is 5.82. The second-order valence-corrected chi connectivity index (χ2v) is 10.6. The smallest absolute Gasteiger partial charge is 0.228 e. The highest BCUT2D eigenvalue weighted by molar-refractivity contribution is 5.94. The van der Waals surface area contributed by atoms with Gasteiger partial charge in [-0.3, -0.25) is 4.79 Å². The zero-order chi connectivity index (χ0) is 21.2. The predicted molar refractivity (Wildman–Crippen MR) is 123 cm³/mol. The summed E-state index contributed by atoms with van der Waals surface area (Å²) in [6.45, 7) is 4.27. The van der Waals surface area contributed by atoms with E-state index in [4.69, 9.17) is 0 Å². The fraction of sp³-hybridized carbons (Fsp3) is 0.577. The number of aryl methyl sites for hydroxylation is 1. The van der Waals surface area contributed by atoms with E-state index in [-0.39, 0.29) is 11.8 Å². The number of aromatic nitrogens is 2. The SMILES string of the molecule is Cc1cc(Nc2ncnc(NC(=O)C3CC3)c2C)cc2c1C1(CC1)CC21CCCCC1. The number of hydrogen-bond acceptors (Lipinski definition) is 4. The Hall–Kier alpha value is -2.43. The van der Waals surface area contributed by atoms with Crippen LogP contribution in [0.1, 0.15) is 86.5 Å². The van der Waals surface area contributed by atoms with Crippen molar-refractivity contribution in [3.05, 3.63) is 40.7 Å². The normalized spacial score (nSPS) is 22.4. The van der Waals surface area contributed by atoms with E-state index >= 15 is 0 Å². The molecule has 0 atom stereocenters. The summed E-state index contributed by atoms with van der Waals surface area (Å²) in [7, 11) is 0. The number of carbonyl (C=O) groups excluding carboxylic acids is 1. The molecule has 5 nitrogen and oxygen atoms in total. The minimum atomic E-state index is 0.0788.